The van der Waals surface area contributed by atoms with Gasteiger partial charge >= 0.3 is 0 Å². The van der Waals surface area contributed by atoms with Gasteiger partial charge in [0.25, 0.3) is 0 Å². The zero-order valence-corrected chi connectivity index (χ0v) is 14.0. The van der Waals surface area contributed by atoms with Crippen LogP contribution in [0.5, 0.6) is 11.5 Å². The molecule has 3 aromatic rings. The van der Waals surface area contributed by atoms with Gasteiger partial charge in [-0.2, -0.15) is 5.26 Å². The maximum atomic E-state index is 14.7. The van der Waals surface area contributed by atoms with Gasteiger partial charge in [-0.25, -0.2) is 8.78 Å². The Morgan fingerprint density at radius 2 is 1.81 bits per heavy atom. The van der Waals surface area contributed by atoms with Crippen LogP contribution in [0, 0.1) is 23.0 Å². The molecule has 1 aliphatic rings. The average molecular weight is 367 g/mol. The molecule has 1 atom stereocenters. The Bertz CT molecular complexity index is 1110. The van der Waals surface area contributed by atoms with Gasteiger partial charge in [0.15, 0.2) is 23.1 Å². The summed E-state index contributed by atoms with van der Waals surface area (Å²) in [5.41, 5.74) is 2.47. The Morgan fingerprint density at radius 1 is 1.04 bits per heavy atom. The van der Waals surface area contributed by atoms with E-state index >= 15 is 0 Å². The van der Waals surface area contributed by atoms with E-state index in [1.165, 1.54) is 29.5 Å². The first-order valence-electron chi connectivity index (χ1n) is 7.70. The first-order valence-corrected chi connectivity index (χ1v) is 8.58. The van der Waals surface area contributed by atoms with E-state index in [2.05, 4.69) is 6.07 Å². The Hall–Kier alpha value is -3.17. The summed E-state index contributed by atoms with van der Waals surface area (Å²) >= 11 is 1.24. The van der Waals surface area contributed by atoms with E-state index in [1.54, 1.807) is 29.7 Å². The molecule has 0 amide bonds. The third kappa shape index (κ3) is 2.37. The van der Waals surface area contributed by atoms with Crippen LogP contribution in [0.1, 0.15) is 33.0 Å². The van der Waals surface area contributed by atoms with Crippen molar-refractivity contribution in [3.05, 3.63) is 80.5 Å². The van der Waals surface area contributed by atoms with Crippen molar-refractivity contribution in [2.24, 2.45) is 0 Å². The topological polar surface area (TPSA) is 64.2 Å². The Kier molecular flexibility index (Phi) is 3.74. The van der Waals surface area contributed by atoms with Crippen molar-refractivity contribution < 1.29 is 19.0 Å². The molecule has 0 saturated heterocycles. The largest absolute Gasteiger partial charge is 0.505 e. The Morgan fingerprint density at radius 3 is 2.54 bits per heavy atom. The predicted octanol–water partition coefficient (Wildman–Crippen LogP) is 5.00. The van der Waals surface area contributed by atoms with E-state index in [9.17, 15) is 24.3 Å². The number of hydrogen-bond donors (Lipinski definition) is 2. The second-order valence-corrected chi connectivity index (χ2v) is 6.83. The van der Waals surface area contributed by atoms with Crippen molar-refractivity contribution in [3.63, 3.8) is 0 Å². The molecule has 0 bridgehead atoms. The summed E-state index contributed by atoms with van der Waals surface area (Å²) in [6.07, 6.45) is 1.72. The van der Waals surface area contributed by atoms with E-state index < -0.39 is 29.1 Å². The second-order valence-electron chi connectivity index (χ2n) is 5.92. The highest BCUT2D eigenvalue weighted by Gasteiger charge is 2.34. The molecule has 2 N–H and O–H groups in total. The number of phenolic OH excluding ortho intramolecular Hbond substituents is 2. The molecule has 128 valence electrons. The van der Waals surface area contributed by atoms with Crippen LogP contribution in [0.3, 0.4) is 0 Å². The molecule has 3 nitrogen and oxygen atoms in total. The average Bonchev–Trinajstić information content (AvgIpc) is 3.24. The van der Waals surface area contributed by atoms with Crippen LogP contribution in [-0.2, 0) is 0 Å². The minimum atomic E-state index is -0.785. The molecule has 1 unspecified atom stereocenters. The third-order valence-electron chi connectivity index (χ3n) is 4.49. The fourth-order valence-electron chi connectivity index (χ4n) is 3.32. The fraction of sp³-hybridized carbons (Fsp3) is 0.0500. The van der Waals surface area contributed by atoms with Crippen LogP contribution >= 0.6 is 11.3 Å². The van der Waals surface area contributed by atoms with Crippen molar-refractivity contribution in [2.45, 2.75) is 5.92 Å². The molecule has 4 rings (SSSR count). The lowest BCUT2D eigenvalue weighted by molar-refractivity contribution is 0.428. The monoisotopic (exact) mass is 367 g/mol. The molecule has 0 fully saturated rings. The normalized spacial score (nSPS) is 15.4. The van der Waals surface area contributed by atoms with E-state index in [0.717, 1.165) is 0 Å². The van der Waals surface area contributed by atoms with Gasteiger partial charge in [0.2, 0.25) is 0 Å². The quantitative estimate of drug-likeness (QED) is 0.670. The van der Waals surface area contributed by atoms with Gasteiger partial charge in [0.05, 0.1) is 0 Å². The van der Waals surface area contributed by atoms with Crippen molar-refractivity contribution in [2.75, 3.05) is 0 Å². The van der Waals surface area contributed by atoms with Gasteiger partial charge in [0, 0.05) is 11.5 Å². The number of nitriles is 1. The van der Waals surface area contributed by atoms with Crippen LogP contribution in [0.2, 0.25) is 0 Å². The number of benzene rings is 2. The predicted molar refractivity (Wildman–Crippen MR) is 94.9 cm³/mol. The van der Waals surface area contributed by atoms with Crippen molar-refractivity contribution in [1.82, 2.24) is 0 Å². The molecule has 0 saturated carbocycles. The summed E-state index contributed by atoms with van der Waals surface area (Å²) in [5.74, 6) is -3.14. The van der Waals surface area contributed by atoms with Crippen molar-refractivity contribution >= 4 is 23.0 Å². The minimum Gasteiger partial charge on any atom is -0.505 e. The minimum absolute atomic E-state index is 0.253. The number of nitrogens with zero attached hydrogens (tertiary/aromatic N) is 1. The highest BCUT2D eigenvalue weighted by Crippen LogP contribution is 2.50. The number of phenols is 2. The molecule has 0 aliphatic heterocycles. The van der Waals surface area contributed by atoms with Gasteiger partial charge < -0.3 is 10.2 Å². The van der Waals surface area contributed by atoms with Crippen LogP contribution in [0.15, 0.2) is 41.8 Å². The van der Waals surface area contributed by atoms with E-state index in [0.29, 0.717) is 27.1 Å². The summed E-state index contributed by atoms with van der Waals surface area (Å²) in [7, 11) is 0. The summed E-state index contributed by atoms with van der Waals surface area (Å²) in [6, 6.07) is 10.6. The van der Waals surface area contributed by atoms with Crippen LogP contribution < -0.4 is 0 Å². The standard InChI is InChI=1S/C20H11F2NO2S/c21-14-8-10(1-3-15(14)24)13-7-11-2-4-16(25)20(22)18(11)19(13)12-5-6-26-17(12)9-23/h1-8,19,24-25H. The molecule has 1 heterocycles. The smallest absolute Gasteiger partial charge is 0.169 e. The molecule has 1 aliphatic carbocycles. The van der Waals surface area contributed by atoms with Gasteiger partial charge in [-0.05, 0) is 58.0 Å². The lowest BCUT2D eigenvalue weighted by Gasteiger charge is -2.18. The van der Waals surface area contributed by atoms with Crippen LogP contribution in [-0.4, -0.2) is 10.2 Å². The van der Waals surface area contributed by atoms with Gasteiger partial charge in [0.1, 0.15) is 10.9 Å². The van der Waals surface area contributed by atoms with Gasteiger partial charge in [-0.15, -0.1) is 11.3 Å². The number of allylic oxidation sites excluding steroid dienone is 1. The van der Waals surface area contributed by atoms with E-state index in [4.69, 9.17) is 0 Å². The lowest BCUT2D eigenvalue weighted by atomic mass is 9.85. The van der Waals surface area contributed by atoms with E-state index in [-0.39, 0.29) is 5.56 Å². The zero-order valence-electron chi connectivity index (χ0n) is 13.2. The SMILES string of the molecule is N#Cc1sccc1C1C(c2ccc(O)c(F)c2)=Cc2ccc(O)c(F)c21. The number of halogens is 2. The number of aromatic hydroxyl groups is 2. The first kappa shape index (κ1) is 16.3. The fourth-order valence-corrected chi connectivity index (χ4v) is 4.04. The second kappa shape index (κ2) is 5.97. The Labute approximate surface area is 151 Å². The number of rotatable bonds is 2. The van der Waals surface area contributed by atoms with E-state index in [1.807, 2.05) is 0 Å². The molecule has 26 heavy (non-hydrogen) atoms. The maximum Gasteiger partial charge on any atom is 0.169 e. The first-order chi connectivity index (χ1) is 12.5. The molecule has 2 aromatic carbocycles. The number of thiophene rings is 1. The maximum absolute atomic E-state index is 14.7. The van der Waals surface area contributed by atoms with Crippen molar-refractivity contribution in [1.29, 1.82) is 5.26 Å². The number of hydrogen-bond acceptors (Lipinski definition) is 4. The highest BCUT2D eigenvalue weighted by molar-refractivity contribution is 7.10. The molecule has 0 radical (unpaired) electrons. The molecule has 1 aromatic heterocycles. The zero-order chi connectivity index (χ0) is 18.4. The summed E-state index contributed by atoms with van der Waals surface area (Å²) in [4.78, 5) is 0.427. The summed E-state index contributed by atoms with van der Waals surface area (Å²) < 4.78 is 28.6. The third-order valence-corrected chi connectivity index (χ3v) is 5.33. The summed E-state index contributed by atoms with van der Waals surface area (Å²) in [5, 5.41) is 30.4. The van der Waals surface area contributed by atoms with Gasteiger partial charge in [-0.3, -0.25) is 0 Å². The highest BCUT2D eigenvalue weighted by atomic mass is 32.1. The van der Waals surface area contributed by atoms with Crippen LogP contribution in [0.4, 0.5) is 8.78 Å². The van der Waals surface area contributed by atoms with Crippen molar-refractivity contribution in [3.8, 4) is 17.6 Å². The van der Waals surface area contributed by atoms with Crippen LogP contribution in [0.25, 0.3) is 11.6 Å². The molecular weight excluding hydrogens is 356 g/mol. The summed E-state index contributed by atoms with van der Waals surface area (Å²) in [6.45, 7) is 0. The molecular formula is C20H11F2NO2S. The number of fused-ring (bicyclic) bond motifs is 1. The Balaban J connectivity index is 1.97. The molecule has 6 heteroatoms. The molecule has 0 spiro atoms. The van der Waals surface area contributed by atoms with Gasteiger partial charge in [-0.1, -0.05) is 12.1 Å². The lowest BCUT2D eigenvalue weighted by Crippen LogP contribution is -2.04.